The summed E-state index contributed by atoms with van der Waals surface area (Å²) in [4.78, 5) is 16.8. The smallest absolute Gasteiger partial charge is 0.239 e. The zero-order valence-corrected chi connectivity index (χ0v) is 13.2. The molecule has 0 aliphatic carbocycles. The molecular formula is C14H28ClN3O. The Morgan fingerprint density at radius 1 is 1.32 bits per heavy atom. The summed E-state index contributed by atoms with van der Waals surface area (Å²) in [5.74, 6) is 1.00. The number of rotatable bonds is 2. The van der Waals surface area contributed by atoms with Crippen LogP contribution in [-0.4, -0.2) is 61.5 Å². The molecule has 2 aliphatic heterocycles. The van der Waals surface area contributed by atoms with Crippen LogP contribution in [-0.2, 0) is 4.79 Å². The number of hydrogen-bond donors (Lipinski definition) is 1. The van der Waals surface area contributed by atoms with Crippen molar-refractivity contribution in [2.24, 2.45) is 5.92 Å². The highest BCUT2D eigenvalue weighted by atomic mass is 35.5. The lowest BCUT2D eigenvalue weighted by atomic mass is 9.93. The molecule has 2 saturated heterocycles. The topological polar surface area (TPSA) is 35.6 Å². The molecule has 0 radical (unpaired) electrons. The second kappa shape index (κ2) is 7.46. The Morgan fingerprint density at radius 2 is 2.05 bits per heavy atom. The van der Waals surface area contributed by atoms with E-state index in [4.69, 9.17) is 0 Å². The van der Waals surface area contributed by atoms with Crippen LogP contribution in [0.3, 0.4) is 0 Å². The van der Waals surface area contributed by atoms with Crippen LogP contribution < -0.4 is 5.32 Å². The molecule has 0 spiro atoms. The van der Waals surface area contributed by atoms with Gasteiger partial charge in [-0.15, -0.1) is 12.4 Å². The molecule has 0 aromatic carbocycles. The third kappa shape index (κ3) is 4.33. The van der Waals surface area contributed by atoms with Crippen LogP contribution in [0.2, 0.25) is 0 Å². The molecule has 2 rings (SSSR count). The Balaban J connectivity index is 0.00000180. The second-order valence-corrected chi connectivity index (χ2v) is 6.18. The predicted octanol–water partition coefficient (Wildman–Crippen LogP) is 1.35. The molecule has 0 aromatic rings. The first kappa shape index (κ1) is 16.7. The first-order valence-electron chi connectivity index (χ1n) is 7.26. The molecular weight excluding hydrogens is 262 g/mol. The van der Waals surface area contributed by atoms with Crippen molar-refractivity contribution in [3.05, 3.63) is 0 Å². The molecule has 19 heavy (non-hydrogen) atoms. The molecule has 2 aliphatic rings. The Labute approximate surface area is 123 Å². The van der Waals surface area contributed by atoms with Crippen molar-refractivity contribution < 1.29 is 4.79 Å². The van der Waals surface area contributed by atoms with E-state index in [1.807, 2.05) is 0 Å². The Bertz CT molecular complexity index is 298. The molecule has 2 heterocycles. The van der Waals surface area contributed by atoms with Gasteiger partial charge in [-0.05, 0) is 52.2 Å². The largest absolute Gasteiger partial charge is 0.340 e. The van der Waals surface area contributed by atoms with E-state index in [9.17, 15) is 4.79 Å². The van der Waals surface area contributed by atoms with E-state index in [-0.39, 0.29) is 18.4 Å². The summed E-state index contributed by atoms with van der Waals surface area (Å²) in [5, 5.41) is 3.39. The summed E-state index contributed by atoms with van der Waals surface area (Å²) in [6, 6.07) is 0.596. The van der Waals surface area contributed by atoms with Gasteiger partial charge in [-0.2, -0.15) is 0 Å². The highest BCUT2D eigenvalue weighted by Gasteiger charge is 2.31. The number of hydrogen-bond acceptors (Lipinski definition) is 3. The number of likely N-dealkylation sites (N-methyl/N-ethyl adjacent to an activating group) is 1. The van der Waals surface area contributed by atoms with E-state index in [0.29, 0.717) is 17.9 Å². The van der Waals surface area contributed by atoms with Crippen LogP contribution in [0, 0.1) is 5.92 Å². The summed E-state index contributed by atoms with van der Waals surface area (Å²) < 4.78 is 0. The number of nitrogens with zero attached hydrogens (tertiary/aromatic N) is 2. The number of nitrogens with one attached hydrogen (secondary N) is 1. The normalized spacial score (nSPS) is 32.0. The zero-order valence-electron chi connectivity index (χ0n) is 12.4. The maximum atomic E-state index is 12.5. The lowest BCUT2D eigenvalue weighted by molar-refractivity contribution is -0.136. The van der Waals surface area contributed by atoms with E-state index < -0.39 is 0 Å². The average molecular weight is 290 g/mol. The minimum atomic E-state index is 0. The summed E-state index contributed by atoms with van der Waals surface area (Å²) in [6.45, 7) is 5.08. The third-order valence-corrected chi connectivity index (χ3v) is 4.40. The monoisotopic (exact) mass is 289 g/mol. The van der Waals surface area contributed by atoms with Crippen LogP contribution in [0.5, 0.6) is 0 Å². The number of carbonyl (C=O) groups excluding carboxylic acids is 1. The summed E-state index contributed by atoms with van der Waals surface area (Å²) in [5.41, 5.74) is 0. The molecule has 0 bridgehead atoms. The molecule has 1 amide bonds. The standard InChI is InChI=1S/C14H27N3O.ClH/c1-11-6-7-15-13(9-11)14(18)17-8-4-5-12(10-17)16(2)3;/h11-13,15H,4-10H2,1-3H3;1H. The quantitative estimate of drug-likeness (QED) is 0.834. The summed E-state index contributed by atoms with van der Waals surface area (Å²) >= 11 is 0. The maximum absolute atomic E-state index is 12.5. The highest BCUT2D eigenvalue weighted by Crippen LogP contribution is 2.20. The van der Waals surface area contributed by atoms with E-state index in [2.05, 4.69) is 36.1 Å². The van der Waals surface area contributed by atoms with Crippen molar-refractivity contribution in [3.8, 4) is 0 Å². The van der Waals surface area contributed by atoms with Gasteiger partial charge in [0, 0.05) is 19.1 Å². The fraction of sp³-hybridized carbons (Fsp3) is 0.929. The van der Waals surface area contributed by atoms with E-state index in [0.717, 1.165) is 32.5 Å². The molecule has 5 heteroatoms. The number of amides is 1. The Hall–Kier alpha value is -0.320. The summed E-state index contributed by atoms with van der Waals surface area (Å²) in [7, 11) is 4.22. The van der Waals surface area contributed by atoms with Gasteiger partial charge in [0.15, 0.2) is 0 Å². The third-order valence-electron chi connectivity index (χ3n) is 4.40. The van der Waals surface area contributed by atoms with Crippen molar-refractivity contribution in [1.29, 1.82) is 0 Å². The van der Waals surface area contributed by atoms with Gasteiger partial charge in [0.25, 0.3) is 0 Å². The summed E-state index contributed by atoms with van der Waals surface area (Å²) in [6.07, 6.45) is 4.55. The first-order valence-corrected chi connectivity index (χ1v) is 7.26. The molecule has 0 saturated carbocycles. The van der Waals surface area contributed by atoms with Crippen molar-refractivity contribution in [2.75, 3.05) is 33.7 Å². The maximum Gasteiger partial charge on any atom is 0.239 e. The molecule has 0 aromatic heterocycles. The second-order valence-electron chi connectivity index (χ2n) is 6.18. The minimum Gasteiger partial charge on any atom is -0.340 e. The molecule has 2 fully saturated rings. The van der Waals surface area contributed by atoms with E-state index in [1.54, 1.807) is 0 Å². The number of likely N-dealkylation sites (tertiary alicyclic amines) is 1. The van der Waals surface area contributed by atoms with E-state index >= 15 is 0 Å². The van der Waals surface area contributed by atoms with Crippen LogP contribution in [0.15, 0.2) is 0 Å². The number of carbonyl (C=O) groups is 1. The van der Waals surface area contributed by atoms with Crippen LogP contribution in [0.4, 0.5) is 0 Å². The zero-order chi connectivity index (χ0) is 13.1. The van der Waals surface area contributed by atoms with Gasteiger partial charge in [0.2, 0.25) is 5.91 Å². The van der Waals surface area contributed by atoms with Crippen LogP contribution in [0.25, 0.3) is 0 Å². The first-order chi connectivity index (χ1) is 8.58. The van der Waals surface area contributed by atoms with Crippen molar-refractivity contribution in [3.63, 3.8) is 0 Å². The van der Waals surface area contributed by atoms with Gasteiger partial charge in [0.1, 0.15) is 0 Å². The SMILES string of the molecule is CC1CCNC(C(=O)N2CCCC(N(C)C)C2)C1.Cl. The lowest BCUT2D eigenvalue weighted by Gasteiger charge is -2.39. The van der Waals surface area contributed by atoms with E-state index in [1.165, 1.54) is 12.8 Å². The number of halogens is 1. The van der Waals surface area contributed by atoms with Gasteiger partial charge >= 0.3 is 0 Å². The average Bonchev–Trinajstić information content (AvgIpc) is 2.38. The fourth-order valence-electron chi connectivity index (χ4n) is 3.09. The molecule has 4 nitrogen and oxygen atoms in total. The molecule has 3 unspecified atom stereocenters. The Morgan fingerprint density at radius 3 is 2.68 bits per heavy atom. The predicted molar refractivity (Wildman–Crippen MR) is 80.7 cm³/mol. The van der Waals surface area contributed by atoms with Gasteiger partial charge in [-0.1, -0.05) is 6.92 Å². The van der Waals surface area contributed by atoms with Crippen molar-refractivity contribution in [1.82, 2.24) is 15.1 Å². The number of piperidine rings is 2. The van der Waals surface area contributed by atoms with Gasteiger partial charge in [-0.25, -0.2) is 0 Å². The highest BCUT2D eigenvalue weighted by molar-refractivity contribution is 5.85. The van der Waals surface area contributed by atoms with Crippen LogP contribution >= 0.6 is 12.4 Å². The molecule has 112 valence electrons. The lowest BCUT2D eigenvalue weighted by Crippen LogP contribution is -2.55. The van der Waals surface area contributed by atoms with Crippen molar-refractivity contribution in [2.45, 2.75) is 44.7 Å². The van der Waals surface area contributed by atoms with Crippen LogP contribution in [0.1, 0.15) is 32.6 Å². The molecule has 3 atom stereocenters. The van der Waals surface area contributed by atoms with Crippen molar-refractivity contribution >= 4 is 18.3 Å². The van der Waals surface area contributed by atoms with Gasteiger partial charge < -0.3 is 15.1 Å². The van der Waals surface area contributed by atoms with Gasteiger partial charge in [-0.3, -0.25) is 4.79 Å². The fourth-order valence-corrected chi connectivity index (χ4v) is 3.09. The van der Waals surface area contributed by atoms with Gasteiger partial charge in [0.05, 0.1) is 6.04 Å². The Kier molecular flexibility index (Phi) is 6.57. The minimum absolute atomic E-state index is 0. The molecule has 1 N–H and O–H groups in total.